The first-order valence-electron chi connectivity index (χ1n) is 6.28. The van der Waals surface area contributed by atoms with E-state index in [-0.39, 0.29) is 11.4 Å². The zero-order valence-electron chi connectivity index (χ0n) is 11.7. The summed E-state index contributed by atoms with van der Waals surface area (Å²) >= 11 is 0. The predicted octanol–water partition coefficient (Wildman–Crippen LogP) is 2.64. The largest absolute Gasteiger partial charge is 0.406 e. The number of halogens is 3. The van der Waals surface area contributed by atoms with Gasteiger partial charge in [-0.2, -0.15) is 13.2 Å². The number of alkyl halides is 3. The summed E-state index contributed by atoms with van der Waals surface area (Å²) in [6, 6.07) is 2.21. The van der Waals surface area contributed by atoms with E-state index in [0.29, 0.717) is 12.1 Å². The molecule has 0 aliphatic carbocycles. The van der Waals surface area contributed by atoms with Crippen molar-refractivity contribution in [3.63, 3.8) is 0 Å². The summed E-state index contributed by atoms with van der Waals surface area (Å²) in [4.78, 5) is 17.0. The van der Waals surface area contributed by atoms with Crippen molar-refractivity contribution in [3.05, 3.63) is 23.4 Å². The summed E-state index contributed by atoms with van der Waals surface area (Å²) in [5, 5.41) is 0. The maximum Gasteiger partial charge on any atom is 0.406 e. The molecule has 0 spiro atoms. The molecule has 0 saturated carbocycles. The van der Waals surface area contributed by atoms with Crippen LogP contribution in [0, 0.1) is 0 Å². The van der Waals surface area contributed by atoms with Gasteiger partial charge in [0.25, 0.3) is 5.91 Å². The molecule has 0 fully saturated rings. The first kappa shape index (κ1) is 16.3. The zero-order chi connectivity index (χ0) is 15.5. The average molecular weight is 289 g/mol. The quantitative estimate of drug-likeness (QED) is 0.927. The fourth-order valence-corrected chi connectivity index (χ4v) is 1.76. The lowest BCUT2D eigenvalue weighted by molar-refractivity contribution is -0.143. The Bertz CT molecular complexity index is 486. The summed E-state index contributed by atoms with van der Waals surface area (Å²) in [7, 11) is 0. The van der Waals surface area contributed by atoms with Crippen LogP contribution in [-0.2, 0) is 6.42 Å². The van der Waals surface area contributed by atoms with Crippen LogP contribution in [0.3, 0.4) is 0 Å². The summed E-state index contributed by atoms with van der Waals surface area (Å²) in [5.74, 6) is -0.565. The first-order chi connectivity index (χ1) is 9.14. The van der Waals surface area contributed by atoms with Crippen LogP contribution in [0.4, 0.5) is 19.0 Å². The van der Waals surface area contributed by atoms with Crippen molar-refractivity contribution < 1.29 is 18.0 Å². The molecule has 0 unspecified atom stereocenters. The maximum absolute atomic E-state index is 12.5. The molecule has 0 atom stereocenters. The molecule has 0 aromatic carbocycles. The van der Waals surface area contributed by atoms with Crippen LogP contribution in [0.25, 0.3) is 0 Å². The molecule has 4 nitrogen and oxygen atoms in total. The summed E-state index contributed by atoms with van der Waals surface area (Å²) in [6.45, 7) is 3.61. The molecule has 1 heterocycles. The molecule has 0 radical (unpaired) electrons. The Labute approximate surface area is 115 Å². The second-order valence-corrected chi connectivity index (χ2v) is 4.77. The second kappa shape index (κ2) is 6.11. The third-order valence-electron chi connectivity index (χ3n) is 2.74. The highest BCUT2D eigenvalue weighted by molar-refractivity contribution is 5.95. The fourth-order valence-electron chi connectivity index (χ4n) is 1.76. The van der Waals surface area contributed by atoms with Crippen molar-refractivity contribution in [2.24, 2.45) is 0 Å². The van der Waals surface area contributed by atoms with Gasteiger partial charge in [0.15, 0.2) is 0 Å². The summed E-state index contributed by atoms with van der Waals surface area (Å²) in [6.07, 6.45) is -3.89. The number of pyridine rings is 1. The van der Waals surface area contributed by atoms with Crippen molar-refractivity contribution in [1.82, 2.24) is 9.88 Å². The fraction of sp³-hybridized carbons (Fsp3) is 0.538. The first-order valence-corrected chi connectivity index (χ1v) is 6.28. The van der Waals surface area contributed by atoms with Crippen molar-refractivity contribution in [1.29, 1.82) is 0 Å². The number of aromatic nitrogens is 1. The standard InChI is InChI=1S/C13H18F3N3O/c1-4-10-5-9(6-11(17)18-10)12(20)19(8(2)3)7-13(14,15)16/h5-6,8H,4,7H2,1-3H3,(H2,17,18). The smallest absolute Gasteiger partial charge is 0.384 e. The topological polar surface area (TPSA) is 59.2 Å². The highest BCUT2D eigenvalue weighted by Gasteiger charge is 2.34. The van der Waals surface area contributed by atoms with Gasteiger partial charge in [-0.25, -0.2) is 4.98 Å². The molecule has 0 aliphatic rings. The number of hydrogen-bond acceptors (Lipinski definition) is 3. The molecular formula is C13H18F3N3O. The number of amides is 1. The lowest BCUT2D eigenvalue weighted by Crippen LogP contribution is -2.43. The van der Waals surface area contributed by atoms with Crippen LogP contribution in [0.1, 0.15) is 36.8 Å². The minimum atomic E-state index is -4.44. The Hall–Kier alpha value is -1.79. The van der Waals surface area contributed by atoms with E-state index in [9.17, 15) is 18.0 Å². The van der Waals surface area contributed by atoms with Gasteiger partial charge in [-0.15, -0.1) is 0 Å². The van der Waals surface area contributed by atoms with Crippen LogP contribution in [0.15, 0.2) is 12.1 Å². The number of hydrogen-bond donors (Lipinski definition) is 1. The van der Waals surface area contributed by atoms with Crippen LogP contribution >= 0.6 is 0 Å². The molecule has 112 valence electrons. The van der Waals surface area contributed by atoms with Gasteiger partial charge in [-0.05, 0) is 32.4 Å². The maximum atomic E-state index is 12.5. The number of rotatable bonds is 4. The lowest BCUT2D eigenvalue weighted by atomic mass is 10.1. The van der Waals surface area contributed by atoms with E-state index in [0.717, 1.165) is 4.90 Å². The molecule has 2 N–H and O–H groups in total. The number of carbonyl (C=O) groups is 1. The Morgan fingerprint density at radius 2 is 2.00 bits per heavy atom. The minimum Gasteiger partial charge on any atom is -0.384 e. The molecule has 1 aromatic heterocycles. The summed E-state index contributed by atoms with van der Waals surface area (Å²) < 4.78 is 37.6. The average Bonchev–Trinajstić information content (AvgIpc) is 2.33. The molecule has 20 heavy (non-hydrogen) atoms. The number of nitrogens with two attached hydrogens (primary N) is 1. The SMILES string of the molecule is CCc1cc(C(=O)N(CC(F)(F)F)C(C)C)cc(N)n1. The van der Waals surface area contributed by atoms with E-state index in [1.54, 1.807) is 0 Å². The van der Waals surface area contributed by atoms with E-state index in [4.69, 9.17) is 5.73 Å². The Morgan fingerprint density at radius 3 is 2.45 bits per heavy atom. The van der Waals surface area contributed by atoms with Gasteiger partial charge in [0.1, 0.15) is 12.4 Å². The van der Waals surface area contributed by atoms with E-state index in [1.165, 1.54) is 26.0 Å². The van der Waals surface area contributed by atoms with E-state index in [2.05, 4.69) is 4.98 Å². The lowest BCUT2D eigenvalue weighted by Gasteiger charge is -2.28. The molecule has 0 saturated heterocycles. The van der Waals surface area contributed by atoms with Crippen LogP contribution in [0.5, 0.6) is 0 Å². The zero-order valence-corrected chi connectivity index (χ0v) is 11.7. The Balaban J connectivity index is 3.09. The normalized spacial score (nSPS) is 11.8. The Kier molecular flexibility index (Phi) is 4.97. The molecule has 0 bridgehead atoms. The predicted molar refractivity (Wildman–Crippen MR) is 70.3 cm³/mol. The number of nitrogens with zero attached hydrogens (tertiary/aromatic N) is 2. The van der Waals surface area contributed by atoms with E-state index >= 15 is 0 Å². The van der Waals surface area contributed by atoms with Gasteiger partial charge in [0, 0.05) is 17.3 Å². The highest BCUT2D eigenvalue weighted by Crippen LogP contribution is 2.20. The van der Waals surface area contributed by atoms with Gasteiger partial charge < -0.3 is 10.6 Å². The third kappa shape index (κ3) is 4.40. The van der Waals surface area contributed by atoms with Crippen molar-refractivity contribution >= 4 is 11.7 Å². The van der Waals surface area contributed by atoms with Crippen molar-refractivity contribution in [2.75, 3.05) is 12.3 Å². The van der Waals surface area contributed by atoms with Crippen molar-refractivity contribution in [3.8, 4) is 0 Å². The van der Waals surface area contributed by atoms with Gasteiger partial charge in [0.2, 0.25) is 0 Å². The molecule has 0 aliphatic heterocycles. The summed E-state index contributed by atoms with van der Waals surface area (Å²) in [5.41, 5.74) is 6.28. The van der Waals surface area contributed by atoms with Gasteiger partial charge in [0.05, 0.1) is 0 Å². The van der Waals surface area contributed by atoms with Gasteiger partial charge >= 0.3 is 6.18 Å². The van der Waals surface area contributed by atoms with Crippen molar-refractivity contribution in [2.45, 2.75) is 39.4 Å². The highest BCUT2D eigenvalue weighted by atomic mass is 19.4. The Morgan fingerprint density at radius 1 is 1.40 bits per heavy atom. The van der Waals surface area contributed by atoms with Crippen LogP contribution < -0.4 is 5.73 Å². The number of nitrogen functional groups attached to an aromatic ring is 1. The monoisotopic (exact) mass is 289 g/mol. The third-order valence-corrected chi connectivity index (χ3v) is 2.74. The second-order valence-electron chi connectivity index (χ2n) is 4.77. The number of anilines is 1. The molecule has 1 rings (SSSR count). The molecular weight excluding hydrogens is 271 g/mol. The minimum absolute atomic E-state index is 0.128. The van der Waals surface area contributed by atoms with Crippen LogP contribution in [-0.4, -0.2) is 34.6 Å². The van der Waals surface area contributed by atoms with E-state index < -0.39 is 24.7 Å². The molecule has 1 aromatic rings. The molecule has 1 amide bonds. The van der Waals surface area contributed by atoms with E-state index in [1.807, 2.05) is 6.92 Å². The number of aryl methyl sites for hydroxylation is 1. The van der Waals surface area contributed by atoms with Crippen LogP contribution in [0.2, 0.25) is 0 Å². The van der Waals surface area contributed by atoms with Gasteiger partial charge in [-0.3, -0.25) is 4.79 Å². The van der Waals surface area contributed by atoms with Gasteiger partial charge in [-0.1, -0.05) is 6.92 Å². The molecule has 7 heteroatoms. The number of carbonyl (C=O) groups excluding carboxylic acids is 1.